The number of hydrogen-bond acceptors (Lipinski definition) is 4. The van der Waals surface area contributed by atoms with Gasteiger partial charge in [0.1, 0.15) is 0 Å². The fourth-order valence-electron chi connectivity index (χ4n) is 3.25. The molecular formula is C14H19ClN2O2. The molecule has 0 aliphatic carbocycles. The summed E-state index contributed by atoms with van der Waals surface area (Å²) in [5.74, 6) is 0.181. The largest absolute Gasteiger partial charge is 0.393 e. The van der Waals surface area contributed by atoms with Crippen LogP contribution in [0.5, 0.6) is 0 Å². The Morgan fingerprint density at radius 2 is 2.32 bits per heavy atom. The van der Waals surface area contributed by atoms with Gasteiger partial charge in [-0.2, -0.15) is 0 Å². The SMILES string of the molecule is O[C@@H]1CCOC[C@@H]1[C@@H]1CCCN1c1ccncc1Cl. The molecule has 1 aromatic rings. The lowest BCUT2D eigenvalue weighted by Gasteiger charge is -2.38. The molecule has 3 heterocycles. The number of aliphatic hydroxyl groups is 1. The van der Waals surface area contributed by atoms with Crippen LogP contribution in [0.25, 0.3) is 0 Å². The van der Waals surface area contributed by atoms with Gasteiger partial charge in [-0.1, -0.05) is 11.6 Å². The van der Waals surface area contributed by atoms with Crippen molar-refractivity contribution < 1.29 is 9.84 Å². The van der Waals surface area contributed by atoms with Crippen molar-refractivity contribution in [2.24, 2.45) is 5.92 Å². The molecule has 19 heavy (non-hydrogen) atoms. The summed E-state index contributed by atoms with van der Waals surface area (Å²) < 4.78 is 5.55. The predicted octanol–water partition coefficient (Wildman–Crippen LogP) is 2.10. The monoisotopic (exact) mass is 282 g/mol. The van der Waals surface area contributed by atoms with E-state index in [0.29, 0.717) is 24.3 Å². The van der Waals surface area contributed by atoms with Crippen molar-refractivity contribution >= 4 is 17.3 Å². The molecule has 4 nitrogen and oxygen atoms in total. The normalized spacial score (nSPS) is 31.7. The topological polar surface area (TPSA) is 45.6 Å². The van der Waals surface area contributed by atoms with Crippen LogP contribution in [-0.4, -0.2) is 42.0 Å². The van der Waals surface area contributed by atoms with Gasteiger partial charge in [0, 0.05) is 37.5 Å². The second-order valence-electron chi connectivity index (χ2n) is 5.32. The molecule has 0 amide bonds. The second-order valence-corrected chi connectivity index (χ2v) is 5.73. The van der Waals surface area contributed by atoms with Gasteiger partial charge in [-0.15, -0.1) is 0 Å². The maximum Gasteiger partial charge on any atom is 0.0822 e. The summed E-state index contributed by atoms with van der Waals surface area (Å²) in [6, 6.07) is 2.27. The van der Waals surface area contributed by atoms with Crippen LogP contribution in [0.1, 0.15) is 19.3 Å². The standard InChI is InChI=1S/C14H19ClN2O2/c15-11-8-16-5-3-13(11)17-6-1-2-12(17)10-9-19-7-4-14(10)18/h3,5,8,10,12,14,18H,1-2,4,6-7,9H2/t10-,12+,14-/m1/s1. The Hall–Kier alpha value is -0.840. The maximum atomic E-state index is 10.2. The van der Waals surface area contributed by atoms with Gasteiger partial charge in [0.05, 0.1) is 23.4 Å². The van der Waals surface area contributed by atoms with Crippen LogP contribution in [0.4, 0.5) is 5.69 Å². The summed E-state index contributed by atoms with van der Waals surface area (Å²) in [5.41, 5.74) is 1.02. The Balaban J connectivity index is 1.83. The summed E-state index contributed by atoms with van der Waals surface area (Å²) >= 11 is 6.25. The lowest BCUT2D eigenvalue weighted by Crippen LogP contribution is -2.46. The first-order chi connectivity index (χ1) is 9.27. The van der Waals surface area contributed by atoms with E-state index in [1.54, 1.807) is 12.4 Å². The van der Waals surface area contributed by atoms with Gasteiger partial charge in [0.2, 0.25) is 0 Å². The molecule has 0 unspecified atom stereocenters. The van der Waals surface area contributed by atoms with Crippen LogP contribution in [0.3, 0.4) is 0 Å². The van der Waals surface area contributed by atoms with Gasteiger partial charge in [0.15, 0.2) is 0 Å². The van der Waals surface area contributed by atoms with Crippen molar-refractivity contribution in [3.8, 4) is 0 Å². The number of halogens is 1. The van der Waals surface area contributed by atoms with Gasteiger partial charge >= 0.3 is 0 Å². The lowest BCUT2D eigenvalue weighted by molar-refractivity contribution is -0.0437. The number of rotatable bonds is 2. The first kappa shape index (κ1) is 13.2. The van der Waals surface area contributed by atoms with Crippen LogP contribution in [0.15, 0.2) is 18.5 Å². The number of ether oxygens (including phenoxy) is 1. The van der Waals surface area contributed by atoms with Crippen molar-refractivity contribution in [2.45, 2.75) is 31.4 Å². The second kappa shape index (κ2) is 5.65. The van der Waals surface area contributed by atoms with E-state index in [2.05, 4.69) is 9.88 Å². The highest BCUT2D eigenvalue weighted by molar-refractivity contribution is 6.33. The highest BCUT2D eigenvalue weighted by atomic mass is 35.5. The summed E-state index contributed by atoms with van der Waals surface area (Å²) in [6.07, 6.45) is 6.14. The van der Waals surface area contributed by atoms with Crippen LogP contribution in [0.2, 0.25) is 5.02 Å². The Bertz CT molecular complexity index is 443. The fourth-order valence-corrected chi connectivity index (χ4v) is 3.48. The molecule has 0 radical (unpaired) electrons. The lowest BCUT2D eigenvalue weighted by atomic mass is 9.89. The van der Waals surface area contributed by atoms with Crippen molar-refractivity contribution in [2.75, 3.05) is 24.7 Å². The predicted molar refractivity (Wildman–Crippen MR) is 74.5 cm³/mol. The highest BCUT2D eigenvalue weighted by Gasteiger charge is 2.38. The molecule has 104 valence electrons. The van der Waals surface area contributed by atoms with Crippen LogP contribution >= 0.6 is 11.6 Å². The molecule has 0 saturated carbocycles. The summed E-state index contributed by atoms with van der Waals surface area (Å²) in [5, 5.41) is 10.9. The quantitative estimate of drug-likeness (QED) is 0.902. The van der Waals surface area contributed by atoms with E-state index in [4.69, 9.17) is 16.3 Å². The van der Waals surface area contributed by atoms with Crippen LogP contribution < -0.4 is 4.90 Å². The molecule has 2 fully saturated rings. The maximum absolute atomic E-state index is 10.2. The minimum atomic E-state index is -0.264. The zero-order chi connectivity index (χ0) is 13.2. The van der Waals surface area contributed by atoms with E-state index in [1.165, 1.54) is 0 Å². The number of aromatic nitrogens is 1. The van der Waals surface area contributed by atoms with Crippen molar-refractivity contribution in [3.63, 3.8) is 0 Å². The van der Waals surface area contributed by atoms with Gasteiger partial charge in [-0.3, -0.25) is 4.98 Å². The minimum absolute atomic E-state index is 0.181. The summed E-state index contributed by atoms with van der Waals surface area (Å²) in [6.45, 7) is 2.29. The fraction of sp³-hybridized carbons (Fsp3) is 0.643. The van der Waals surface area contributed by atoms with Gasteiger partial charge in [-0.05, 0) is 25.3 Å². The smallest absolute Gasteiger partial charge is 0.0822 e. The van der Waals surface area contributed by atoms with Crippen molar-refractivity contribution in [1.82, 2.24) is 4.98 Å². The minimum Gasteiger partial charge on any atom is -0.393 e. The molecule has 5 heteroatoms. The molecule has 2 aliphatic heterocycles. The number of anilines is 1. The third kappa shape index (κ3) is 2.57. The summed E-state index contributed by atoms with van der Waals surface area (Å²) in [4.78, 5) is 6.35. The highest BCUT2D eigenvalue weighted by Crippen LogP contribution is 2.36. The average molecular weight is 283 g/mol. The van der Waals surface area contributed by atoms with E-state index in [9.17, 15) is 5.11 Å². The third-order valence-electron chi connectivity index (χ3n) is 4.22. The third-order valence-corrected chi connectivity index (χ3v) is 4.51. The van der Waals surface area contributed by atoms with Crippen molar-refractivity contribution in [3.05, 3.63) is 23.5 Å². The Kier molecular flexibility index (Phi) is 3.91. The Morgan fingerprint density at radius 1 is 1.42 bits per heavy atom. The molecule has 0 spiro atoms. The summed E-state index contributed by atoms with van der Waals surface area (Å²) in [7, 11) is 0. The molecule has 0 aromatic carbocycles. The van der Waals surface area contributed by atoms with E-state index in [-0.39, 0.29) is 12.0 Å². The van der Waals surface area contributed by atoms with Gasteiger partial charge < -0.3 is 14.7 Å². The molecular weight excluding hydrogens is 264 g/mol. The molecule has 1 aromatic heterocycles. The molecule has 1 N–H and O–H groups in total. The zero-order valence-corrected chi connectivity index (χ0v) is 11.6. The molecule has 0 bridgehead atoms. The first-order valence-corrected chi connectivity index (χ1v) is 7.27. The molecule has 2 saturated heterocycles. The van der Waals surface area contributed by atoms with E-state index < -0.39 is 0 Å². The van der Waals surface area contributed by atoms with E-state index in [0.717, 1.165) is 31.5 Å². The van der Waals surface area contributed by atoms with Crippen LogP contribution in [-0.2, 0) is 4.74 Å². The number of hydrogen-bond donors (Lipinski definition) is 1. The van der Waals surface area contributed by atoms with Gasteiger partial charge in [0.25, 0.3) is 0 Å². The van der Waals surface area contributed by atoms with E-state index in [1.807, 2.05) is 6.07 Å². The molecule has 3 atom stereocenters. The zero-order valence-electron chi connectivity index (χ0n) is 10.8. The first-order valence-electron chi connectivity index (χ1n) is 6.89. The van der Waals surface area contributed by atoms with Gasteiger partial charge in [-0.25, -0.2) is 0 Å². The number of nitrogens with zero attached hydrogens (tertiary/aromatic N) is 2. The Labute approximate surface area is 118 Å². The Morgan fingerprint density at radius 3 is 3.11 bits per heavy atom. The number of aliphatic hydroxyl groups excluding tert-OH is 1. The number of pyridine rings is 1. The molecule has 2 aliphatic rings. The average Bonchev–Trinajstić information content (AvgIpc) is 2.89. The van der Waals surface area contributed by atoms with Crippen LogP contribution in [0, 0.1) is 5.92 Å². The van der Waals surface area contributed by atoms with E-state index >= 15 is 0 Å². The van der Waals surface area contributed by atoms with Crippen molar-refractivity contribution in [1.29, 1.82) is 0 Å². The molecule has 3 rings (SSSR count).